The molecule has 60 valence electrons. The van der Waals surface area contributed by atoms with Crippen molar-refractivity contribution in [3.05, 3.63) is 0 Å². The van der Waals surface area contributed by atoms with Crippen LogP contribution in [0.4, 0.5) is 0 Å². The summed E-state index contributed by atoms with van der Waals surface area (Å²) in [5, 5.41) is 8.42. The van der Waals surface area contributed by atoms with Gasteiger partial charge < -0.3 is 10.8 Å². The molecule has 0 aliphatic heterocycles. The van der Waals surface area contributed by atoms with Crippen molar-refractivity contribution in [3.8, 4) is 0 Å². The number of nitrogens with two attached hydrogens (primary N) is 1. The number of carboxylic acid groups (broad SMARTS) is 1. The minimum atomic E-state index is -0.835. The normalized spacial score (nSPS) is 16.9. The first kappa shape index (κ1) is 9.43. The number of carboxylic acids is 1. The first-order valence-electron chi connectivity index (χ1n) is 3.37. The average Bonchev–Trinajstić information content (AvgIpc) is 1.60. The van der Waals surface area contributed by atoms with Crippen LogP contribution in [0, 0.1) is 5.92 Å². The lowest BCUT2D eigenvalue weighted by Gasteiger charge is -2.26. The minimum Gasteiger partial charge on any atom is -0.481 e. The summed E-state index contributed by atoms with van der Waals surface area (Å²) in [5.74, 6) is -0.637. The van der Waals surface area contributed by atoms with E-state index in [0.717, 1.165) is 0 Å². The Labute approximate surface area is 61.2 Å². The van der Waals surface area contributed by atoms with Gasteiger partial charge in [-0.1, -0.05) is 13.8 Å². The lowest BCUT2D eigenvalue weighted by molar-refractivity contribution is -0.138. The van der Waals surface area contributed by atoms with Gasteiger partial charge >= 0.3 is 5.97 Å². The van der Waals surface area contributed by atoms with E-state index in [1.54, 1.807) is 6.92 Å². The lowest BCUT2D eigenvalue weighted by atomic mass is 9.87. The summed E-state index contributed by atoms with van der Waals surface area (Å²) in [6, 6.07) is 0. The molecule has 0 fully saturated rings. The highest BCUT2D eigenvalue weighted by Crippen LogP contribution is 2.16. The van der Waals surface area contributed by atoms with Gasteiger partial charge in [-0.2, -0.15) is 0 Å². The predicted molar refractivity (Wildman–Crippen MR) is 39.7 cm³/mol. The molecule has 10 heavy (non-hydrogen) atoms. The number of aliphatic carboxylic acids is 1. The predicted octanol–water partition coefficient (Wildman–Crippen LogP) is 0.835. The van der Waals surface area contributed by atoms with Crippen molar-refractivity contribution in [3.63, 3.8) is 0 Å². The summed E-state index contributed by atoms with van der Waals surface area (Å²) in [7, 11) is 0. The maximum absolute atomic E-state index is 10.2. The van der Waals surface area contributed by atoms with Crippen molar-refractivity contribution in [1.29, 1.82) is 0 Å². The van der Waals surface area contributed by atoms with E-state index in [0.29, 0.717) is 0 Å². The molecule has 0 spiro atoms. The third-order valence-corrected chi connectivity index (χ3v) is 1.85. The summed E-state index contributed by atoms with van der Waals surface area (Å²) >= 11 is 0. The largest absolute Gasteiger partial charge is 0.481 e. The first-order valence-corrected chi connectivity index (χ1v) is 3.37. The third kappa shape index (κ3) is 2.82. The van der Waals surface area contributed by atoms with Crippen LogP contribution in [0.2, 0.25) is 0 Å². The molecule has 3 N–H and O–H groups in total. The van der Waals surface area contributed by atoms with Crippen molar-refractivity contribution in [2.45, 2.75) is 32.7 Å². The maximum Gasteiger partial charge on any atom is 0.305 e. The molecular weight excluding hydrogens is 130 g/mol. The van der Waals surface area contributed by atoms with E-state index >= 15 is 0 Å². The third-order valence-electron chi connectivity index (χ3n) is 1.85. The summed E-state index contributed by atoms with van der Waals surface area (Å²) in [4.78, 5) is 10.2. The number of rotatable bonds is 3. The molecule has 0 aromatic rings. The number of hydrogen-bond acceptors (Lipinski definition) is 2. The second kappa shape index (κ2) is 3.01. The summed E-state index contributed by atoms with van der Waals surface area (Å²) in [6.45, 7) is 5.59. The molecule has 3 heteroatoms. The molecule has 0 saturated heterocycles. The zero-order valence-corrected chi connectivity index (χ0v) is 6.72. The van der Waals surface area contributed by atoms with E-state index in [2.05, 4.69) is 0 Å². The molecule has 1 atom stereocenters. The highest BCUT2D eigenvalue weighted by Gasteiger charge is 2.25. The minimum absolute atomic E-state index is 0.0324. The molecule has 3 nitrogen and oxygen atoms in total. The van der Waals surface area contributed by atoms with Crippen LogP contribution in [-0.4, -0.2) is 16.6 Å². The van der Waals surface area contributed by atoms with E-state index < -0.39 is 11.5 Å². The number of carbonyl (C=O) groups is 1. The molecule has 0 aromatic heterocycles. The summed E-state index contributed by atoms with van der Waals surface area (Å²) in [5.41, 5.74) is 5.10. The Morgan fingerprint density at radius 1 is 1.70 bits per heavy atom. The van der Waals surface area contributed by atoms with Crippen molar-refractivity contribution < 1.29 is 9.90 Å². The smallest absolute Gasteiger partial charge is 0.305 e. The molecule has 0 aromatic carbocycles. The van der Waals surface area contributed by atoms with Crippen LogP contribution in [0.1, 0.15) is 27.2 Å². The van der Waals surface area contributed by atoms with Gasteiger partial charge in [-0.05, 0) is 12.8 Å². The summed E-state index contributed by atoms with van der Waals surface area (Å²) < 4.78 is 0. The molecule has 0 bridgehead atoms. The maximum atomic E-state index is 10.2. The molecule has 0 rings (SSSR count). The van der Waals surface area contributed by atoms with Crippen LogP contribution >= 0.6 is 0 Å². The fraction of sp³-hybridized carbons (Fsp3) is 0.857. The van der Waals surface area contributed by atoms with Gasteiger partial charge in [-0.15, -0.1) is 0 Å². The Bertz CT molecular complexity index is 130. The standard InChI is InChI=1S/C7H15NO2/c1-5(2)7(3,8)4-6(9)10/h5H,4,8H2,1-3H3,(H,9,10)/t7-/m0/s1. The highest BCUT2D eigenvalue weighted by molar-refractivity contribution is 5.68. The first-order chi connectivity index (χ1) is 4.36. The van der Waals surface area contributed by atoms with E-state index in [1.165, 1.54) is 0 Å². The zero-order chi connectivity index (χ0) is 8.36. The quantitative estimate of drug-likeness (QED) is 0.618. The summed E-state index contributed by atoms with van der Waals surface area (Å²) in [6.07, 6.45) is 0.0324. The topological polar surface area (TPSA) is 63.3 Å². The van der Waals surface area contributed by atoms with E-state index in [4.69, 9.17) is 10.8 Å². The molecule has 0 radical (unpaired) electrons. The monoisotopic (exact) mass is 145 g/mol. The van der Waals surface area contributed by atoms with Gasteiger partial charge in [-0.3, -0.25) is 4.79 Å². The Kier molecular flexibility index (Phi) is 2.84. The van der Waals surface area contributed by atoms with Crippen molar-refractivity contribution in [1.82, 2.24) is 0 Å². The Hall–Kier alpha value is -0.570. The molecule has 0 unspecified atom stereocenters. The average molecular weight is 145 g/mol. The zero-order valence-electron chi connectivity index (χ0n) is 6.72. The fourth-order valence-corrected chi connectivity index (χ4v) is 0.530. The van der Waals surface area contributed by atoms with Gasteiger partial charge in [0.15, 0.2) is 0 Å². The van der Waals surface area contributed by atoms with Crippen molar-refractivity contribution >= 4 is 5.97 Å². The van der Waals surface area contributed by atoms with Crippen LogP contribution in [0.5, 0.6) is 0 Å². The SMILES string of the molecule is CC(C)[C@@](C)(N)CC(=O)O. The van der Waals surface area contributed by atoms with Crippen molar-refractivity contribution in [2.75, 3.05) is 0 Å². The molecule has 0 heterocycles. The second-order valence-electron chi connectivity index (χ2n) is 3.23. The number of hydrogen-bond donors (Lipinski definition) is 2. The van der Waals surface area contributed by atoms with Gasteiger partial charge in [-0.25, -0.2) is 0 Å². The second-order valence-corrected chi connectivity index (χ2v) is 3.23. The molecule has 0 saturated carbocycles. The van der Waals surface area contributed by atoms with Crippen LogP contribution in [0.25, 0.3) is 0 Å². The molecular formula is C7H15NO2. The van der Waals surface area contributed by atoms with Gasteiger partial charge in [0.2, 0.25) is 0 Å². The molecule has 0 aliphatic rings. The van der Waals surface area contributed by atoms with Crippen LogP contribution < -0.4 is 5.73 Å². The van der Waals surface area contributed by atoms with E-state index in [1.807, 2.05) is 13.8 Å². The lowest BCUT2D eigenvalue weighted by Crippen LogP contribution is -2.43. The molecule has 0 aliphatic carbocycles. The van der Waals surface area contributed by atoms with E-state index in [9.17, 15) is 4.79 Å². The Morgan fingerprint density at radius 2 is 2.10 bits per heavy atom. The van der Waals surface area contributed by atoms with Gasteiger partial charge in [0.25, 0.3) is 0 Å². The van der Waals surface area contributed by atoms with E-state index in [-0.39, 0.29) is 12.3 Å². The van der Waals surface area contributed by atoms with Crippen molar-refractivity contribution in [2.24, 2.45) is 11.7 Å². The van der Waals surface area contributed by atoms with Crippen LogP contribution in [0.15, 0.2) is 0 Å². The van der Waals surface area contributed by atoms with Gasteiger partial charge in [0.05, 0.1) is 6.42 Å². The fourth-order valence-electron chi connectivity index (χ4n) is 0.530. The van der Waals surface area contributed by atoms with Gasteiger partial charge in [0.1, 0.15) is 0 Å². The van der Waals surface area contributed by atoms with Crippen LogP contribution in [0.3, 0.4) is 0 Å². The Morgan fingerprint density at radius 3 is 2.20 bits per heavy atom. The Balaban J connectivity index is 3.99. The van der Waals surface area contributed by atoms with Crippen LogP contribution in [-0.2, 0) is 4.79 Å². The molecule has 0 amide bonds. The van der Waals surface area contributed by atoms with Gasteiger partial charge in [0, 0.05) is 5.54 Å². The highest BCUT2D eigenvalue weighted by atomic mass is 16.4.